The predicted octanol–water partition coefficient (Wildman–Crippen LogP) is 5.91. The van der Waals surface area contributed by atoms with E-state index in [9.17, 15) is 31.5 Å². The standard InChI is InChI=1S/C30H24F3N7O6S2/c1-38-24(10-11-35-38)22-12-18(30(31,32)33)5-7-20(22)23-15-39(29(41)42)27-21(23)8-9-26(37-27)48(43,44)40(28-34-16-36-47-28)14-17-4-6-19(45-2)13-25(17)46-3/h4-13,15-16H,14H2,1-3H3,(H,41,42). The van der Waals surface area contributed by atoms with E-state index < -0.39 is 32.9 Å². The molecule has 0 unspecified atom stereocenters. The molecule has 248 valence electrons. The molecule has 6 aromatic rings. The first-order chi connectivity index (χ1) is 22.8. The maximum Gasteiger partial charge on any atom is 0.417 e. The van der Waals surface area contributed by atoms with Gasteiger partial charge in [0.2, 0.25) is 5.13 Å². The lowest BCUT2D eigenvalue weighted by atomic mass is 9.95. The highest BCUT2D eigenvalue weighted by Crippen LogP contribution is 2.41. The van der Waals surface area contributed by atoms with Gasteiger partial charge in [-0.05, 0) is 48.0 Å². The number of fused-ring (bicyclic) bond motifs is 1. The Labute approximate surface area is 274 Å². The average molecular weight is 700 g/mol. The van der Waals surface area contributed by atoms with Gasteiger partial charge < -0.3 is 14.6 Å². The van der Waals surface area contributed by atoms with Crippen molar-refractivity contribution in [1.29, 1.82) is 0 Å². The van der Waals surface area contributed by atoms with Gasteiger partial charge in [0.25, 0.3) is 10.0 Å². The van der Waals surface area contributed by atoms with E-state index in [1.807, 2.05) is 0 Å². The van der Waals surface area contributed by atoms with Crippen LogP contribution in [0.15, 0.2) is 78.3 Å². The van der Waals surface area contributed by atoms with Crippen LogP contribution in [-0.2, 0) is 29.8 Å². The molecule has 0 amide bonds. The van der Waals surface area contributed by atoms with E-state index in [1.54, 1.807) is 25.2 Å². The first-order valence-electron chi connectivity index (χ1n) is 13.8. The van der Waals surface area contributed by atoms with Gasteiger partial charge in [-0.25, -0.2) is 23.6 Å². The van der Waals surface area contributed by atoms with Crippen molar-refractivity contribution in [1.82, 2.24) is 28.7 Å². The Bertz CT molecular complexity index is 2270. The number of sulfonamides is 1. The number of aromatic nitrogens is 6. The summed E-state index contributed by atoms with van der Waals surface area (Å²) in [6.07, 6.45) is -2.35. The Morgan fingerprint density at radius 3 is 2.44 bits per heavy atom. The zero-order valence-electron chi connectivity index (χ0n) is 25.2. The summed E-state index contributed by atoms with van der Waals surface area (Å²) in [5.41, 5.74) is 0.200. The molecule has 2 aromatic carbocycles. The molecule has 18 heteroatoms. The fraction of sp³-hybridized carbons (Fsp3) is 0.167. The number of aryl methyl sites for hydroxylation is 1. The van der Waals surface area contributed by atoms with E-state index in [2.05, 4.69) is 19.4 Å². The zero-order chi connectivity index (χ0) is 34.4. The normalized spacial score (nSPS) is 12.0. The number of hydrogen-bond donors (Lipinski definition) is 1. The summed E-state index contributed by atoms with van der Waals surface area (Å²) in [6, 6.07) is 12.0. The number of pyridine rings is 1. The largest absolute Gasteiger partial charge is 0.497 e. The minimum Gasteiger partial charge on any atom is -0.497 e. The van der Waals surface area contributed by atoms with E-state index in [-0.39, 0.29) is 39.4 Å². The third-order valence-electron chi connectivity index (χ3n) is 7.49. The summed E-state index contributed by atoms with van der Waals surface area (Å²) in [6.45, 7) is -0.255. The van der Waals surface area contributed by atoms with Crippen molar-refractivity contribution in [3.8, 4) is 33.9 Å². The van der Waals surface area contributed by atoms with E-state index in [4.69, 9.17) is 9.47 Å². The Balaban J connectivity index is 1.51. The maximum absolute atomic E-state index is 14.2. The van der Waals surface area contributed by atoms with Gasteiger partial charge >= 0.3 is 12.3 Å². The highest BCUT2D eigenvalue weighted by atomic mass is 32.2. The van der Waals surface area contributed by atoms with Crippen molar-refractivity contribution in [2.75, 3.05) is 18.5 Å². The maximum atomic E-state index is 14.2. The third kappa shape index (κ3) is 5.79. The van der Waals surface area contributed by atoms with Gasteiger partial charge in [0, 0.05) is 59.1 Å². The Morgan fingerprint density at radius 2 is 1.81 bits per heavy atom. The summed E-state index contributed by atoms with van der Waals surface area (Å²) in [4.78, 5) is 20.8. The number of anilines is 1. The van der Waals surface area contributed by atoms with Crippen molar-refractivity contribution in [2.24, 2.45) is 7.05 Å². The Hall–Kier alpha value is -5.49. The van der Waals surface area contributed by atoms with Gasteiger partial charge in [-0.15, -0.1) is 0 Å². The minimum absolute atomic E-state index is 0.00893. The van der Waals surface area contributed by atoms with Crippen molar-refractivity contribution in [3.05, 3.63) is 84.4 Å². The molecule has 0 aliphatic rings. The SMILES string of the molecule is COc1ccc(CN(c2ncns2)S(=O)(=O)c2ccc3c(-c4ccc(C(F)(F)F)cc4-c4ccnn4C)cn(C(=O)O)c3n2)c(OC)c1. The summed E-state index contributed by atoms with van der Waals surface area (Å²) < 4.78 is 87.4. The van der Waals surface area contributed by atoms with Gasteiger partial charge in [-0.1, -0.05) is 6.07 Å². The van der Waals surface area contributed by atoms with Gasteiger partial charge in [0.15, 0.2) is 10.7 Å². The van der Waals surface area contributed by atoms with Crippen molar-refractivity contribution in [3.63, 3.8) is 0 Å². The van der Waals surface area contributed by atoms with Gasteiger partial charge in [-0.2, -0.15) is 31.1 Å². The molecule has 0 saturated carbocycles. The third-order valence-corrected chi connectivity index (χ3v) is 9.93. The summed E-state index contributed by atoms with van der Waals surface area (Å²) in [5, 5.41) is 13.8. The van der Waals surface area contributed by atoms with Crippen LogP contribution in [0.5, 0.6) is 11.5 Å². The number of ether oxygens (including phenoxy) is 2. The topological polar surface area (TPSA) is 155 Å². The lowest BCUT2D eigenvalue weighted by molar-refractivity contribution is -0.137. The number of nitrogens with zero attached hydrogens (tertiary/aromatic N) is 7. The summed E-state index contributed by atoms with van der Waals surface area (Å²) in [7, 11) is -0.0653. The second kappa shape index (κ2) is 12.3. The average Bonchev–Trinajstić information content (AvgIpc) is 3.83. The molecule has 6 rings (SSSR count). The number of methoxy groups -OCH3 is 2. The number of alkyl halides is 3. The molecule has 13 nitrogen and oxygen atoms in total. The van der Waals surface area contributed by atoms with Gasteiger partial charge in [-0.3, -0.25) is 4.68 Å². The van der Waals surface area contributed by atoms with Crippen molar-refractivity contribution in [2.45, 2.75) is 17.7 Å². The van der Waals surface area contributed by atoms with Crippen LogP contribution < -0.4 is 13.8 Å². The van der Waals surface area contributed by atoms with E-state index in [0.717, 1.165) is 32.5 Å². The Morgan fingerprint density at radius 1 is 1.02 bits per heavy atom. The first kappa shape index (κ1) is 32.5. The molecule has 0 fully saturated rings. The molecule has 0 atom stereocenters. The van der Waals surface area contributed by atoms with Gasteiger partial charge in [0.1, 0.15) is 17.8 Å². The molecule has 0 aliphatic heterocycles. The highest BCUT2D eigenvalue weighted by molar-refractivity contribution is 7.92. The van der Waals surface area contributed by atoms with Crippen LogP contribution in [0.25, 0.3) is 33.4 Å². The fourth-order valence-electron chi connectivity index (χ4n) is 5.18. The lowest BCUT2D eigenvalue weighted by Crippen LogP contribution is -2.31. The molecule has 0 spiro atoms. The second-order valence-electron chi connectivity index (χ2n) is 10.2. The lowest BCUT2D eigenvalue weighted by Gasteiger charge is -2.22. The second-order valence-corrected chi connectivity index (χ2v) is 12.8. The number of benzene rings is 2. The van der Waals surface area contributed by atoms with Crippen LogP contribution in [0.3, 0.4) is 0 Å². The number of carbonyl (C=O) groups is 1. The molecular weight excluding hydrogens is 676 g/mol. The number of hydrogen-bond acceptors (Lipinski definition) is 10. The van der Waals surface area contributed by atoms with Crippen LogP contribution in [0.2, 0.25) is 0 Å². The first-order valence-corrected chi connectivity index (χ1v) is 16.0. The van der Waals surface area contributed by atoms with Crippen molar-refractivity contribution < 1.29 is 41.0 Å². The van der Waals surface area contributed by atoms with E-state index in [1.165, 1.54) is 61.9 Å². The molecule has 0 aliphatic carbocycles. The number of halogens is 3. The monoisotopic (exact) mass is 699 g/mol. The smallest absolute Gasteiger partial charge is 0.417 e. The fourth-order valence-corrected chi connectivity index (χ4v) is 7.24. The van der Waals surface area contributed by atoms with Crippen molar-refractivity contribution >= 4 is 43.8 Å². The number of rotatable bonds is 9. The quantitative estimate of drug-likeness (QED) is 0.193. The predicted molar refractivity (Wildman–Crippen MR) is 169 cm³/mol. The molecular formula is C30H24F3N7O6S2. The molecule has 0 saturated heterocycles. The molecule has 1 N–H and O–H groups in total. The molecule has 0 radical (unpaired) electrons. The molecule has 4 aromatic heterocycles. The Kier molecular flexibility index (Phi) is 8.30. The van der Waals surface area contributed by atoms with Crippen LogP contribution in [0.1, 0.15) is 11.1 Å². The van der Waals surface area contributed by atoms with Crippen LogP contribution in [0.4, 0.5) is 23.1 Å². The van der Waals surface area contributed by atoms with E-state index >= 15 is 0 Å². The van der Waals surface area contributed by atoms with E-state index in [0.29, 0.717) is 22.8 Å². The number of carboxylic acid groups (broad SMARTS) is 1. The molecule has 48 heavy (non-hydrogen) atoms. The van der Waals surface area contributed by atoms with Crippen LogP contribution >= 0.6 is 11.5 Å². The minimum atomic E-state index is -4.65. The molecule has 4 heterocycles. The summed E-state index contributed by atoms with van der Waals surface area (Å²) in [5.74, 6) is 0.825. The molecule has 0 bridgehead atoms. The van der Waals surface area contributed by atoms with Gasteiger partial charge in [0.05, 0.1) is 32.0 Å². The summed E-state index contributed by atoms with van der Waals surface area (Å²) >= 11 is 0.816. The van der Waals surface area contributed by atoms with Crippen LogP contribution in [-0.4, -0.2) is 62.5 Å². The zero-order valence-corrected chi connectivity index (χ0v) is 26.8. The highest BCUT2D eigenvalue weighted by Gasteiger charge is 2.33. The van der Waals surface area contributed by atoms with Crippen LogP contribution in [0, 0.1) is 0 Å².